The topological polar surface area (TPSA) is 97.2 Å². The number of aromatic nitrogens is 3. The smallest absolute Gasteiger partial charge is 0.264 e. The third-order valence-corrected chi connectivity index (χ3v) is 7.54. The second-order valence-corrected chi connectivity index (χ2v) is 9.64. The molecule has 0 fully saturated rings. The standard InChI is InChI=1S/C24H21N5O3S/c1-17-15-18-7-2-4-11-22(18)29(17)33(31,32)20-9-6-8-19(16-20)24(30)26-21-10-3-5-12-23(21)28-14-13-25-27-28/h2-14,16-17H,15H2,1H3,(H,26,30). The lowest BCUT2D eigenvalue weighted by molar-refractivity contribution is 0.102. The third-order valence-electron chi connectivity index (χ3n) is 5.62. The number of fused-ring (bicyclic) bond motifs is 1. The molecule has 3 aromatic carbocycles. The molecule has 0 radical (unpaired) electrons. The monoisotopic (exact) mass is 459 g/mol. The Hall–Kier alpha value is -3.98. The molecule has 9 heteroatoms. The normalized spacial score (nSPS) is 15.3. The van der Waals surface area contributed by atoms with Crippen LogP contribution in [0, 0.1) is 0 Å². The van der Waals surface area contributed by atoms with E-state index in [-0.39, 0.29) is 16.5 Å². The average Bonchev–Trinajstić information content (AvgIpc) is 3.47. The number of benzene rings is 3. The van der Waals surface area contributed by atoms with Crippen molar-refractivity contribution in [3.63, 3.8) is 0 Å². The second kappa shape index (κ2) is 8.18. The molecule has 2 heterocycles. The number of amides is 1. The molecular formula is C24H21N5O3S. The number of nitrogens with zero attached hydrogens (tertiary/aromatic N) is 4. The van der Waals surface area contributed by atoms with Crippen LogP contribution in [-0.4, -0.2) is 35.4 Å². The Balaban J connectivity index is 1.45. The SMILES string of the molecule is CC1Cc2ccccc2N1S(=O)(=O)c1cccc(C(=O)Nc2ccccc2-n2ccnn2)c1. The second-order valence-electron chi connectivity index (χ2n) is 7.83. The molecule has 166 valence electrons. The minimum atomic E-state index is -3.84. The molecule has 1 aromatic heterocycles. The van der Waals surface area contributed by atoms with Gasteiger partial charge >= 0.3 is 0 Å². The van der Waals surface area contributed by atoms with Crippen molar-refractivity contribution in [3.8, 4) is 5.69 Å². The summed E-state index contributed by atoms with van der Waals surface area (Å²) in [6.07, 6.45) is 3.87. The number of carbonyl (C=O) groups excluding carboxylic acids is 1. The van der Waals surface area contributed by atoms with Gasteiger partial charge in [0.15, 0.2) is 0 Å². The van der Waals surface area contributed by atoms with E-state index in [4.69, 9.17) is 0 Å². The van der Waals surface area contributed by atoms with E-state index in [0.29, 0.717) is 23.5 Å². The molecule has 0 spiro atoms. The van der Waals surface area contributed by atoms with Gasteiger partial charge in [-0.3, -0.25) is 9.10 Å². The van der Waals surface area contributed by atoms with Crippen molar-refractivity contribution in [2.45, 2.75) is 24.3 Å². The van der Waals surface area contributed by atoms with E-state index in [1.165, 1.54) is 16.4 Å². The van der Waals surface area contributed by atoms with Crippen LogP contribution in [0.1, 0.15) is 22.8 Å². The molecule has 0 aliphatic carbocycles. The fraction of sp³-hybridized carbons (Fsp3) is 0.125. The molecule has 4 aromatic rings. The summed E-state index contributed by atoms with van der Waals surface area (Å²) in [6.45, 7) is 1.88. The van der Waals surface area contributed by atoms with Gasteiger partial charge in [-0.05, 0) is 55.3 Å². The summed E-state index contributed by atoms with van der Waals surface area (Å²) < 4.78 is 30.0. The predicted octanol–water partition coefficient (Wildman–Crippen LogP) is 3.66. The van der Waals surface area contributed by atoms with Gasteiger partial charge in [-0.1, -0.05) is 41.6 Å². The van der Waals surface area contributed by atoms with E-state index in [9.17, 15) is 13.2 Å². The van der Waals surface area contributed by atoms with Crippen LogP contribution in [0.5, 0.6) is 0 Å². The van der Waals surface area contributed by atoms with Gasteiger partial charge in [-0.15, -0.1) is 5.10 Å². The number of carbonyl (C=O) groups is 1. The van der Waals surface area contributed by atoms with Crippen molar-refractivity contribution >= 4 is 27.3 Å². The summed E-state index contributed by atoms with van der Waals surface area (Å²) in [6, 6.07) is 20.6. The number of hydrogen-bond donors (Lipinski definition) is 1. The van der Waals surface area contributed by atoms with Crippen molar-refractivity contribution < 1.29 is 13.2 Å². The Kier molecular flexibility index (Phi) is 5.18. The fourth-order valence-electron chi connectivity index (χ4n) is 4.13. The molecule has 0 bridgehead atoms. The van der Waals surface area contributed by atoms with Crippen LogP contribution in [0.3, 0.4) is 0 Å². The van der Waals surface area contributed by atoms with Gasteiger partial charge in [0.2, 0.25) is 0 Å². The number of rotatable bonds is 5. The maximum absolute atomic E-state index is 13.5. The van der Waals surface area contributed by atoms with Crippen molar-refractivity contribution in [3.05, 3.63) is 96.3 Å². The molecular weight excluding hydrogens is 438 g/mol. The average molecular weight is 460 g/mol. The van der Waals surface area contributed by atoms with Crippen LogP contribution in [0.25, 0.3) is 5.69 Å². The fourth-order valence-corrected chi connectivity index (χ4v) is 5.86. The number of sulfonamides is 1. The first kappa shape index (κ1) is 20.9. The minimum Gasteiger partial charge on any atom is -0.320 e. The molecule has 1 aliphatic heterocycles. The van der Waals surface area contributed by atoms with Crippen LogP contribution in [0.4, 0.5) is 11.4 Å². The van der Waals surface area contributed by atoms with Crippen molar-refractivity contribution in [1.29, 1.82) is 0 Å². The Bertz CT molecular complexity index is 1430. The summed E-state index contributed by atoms with van der Waals surface area (Å²) in [5.74, 6) is -0.422. The molecule has 1 N–H and O–H groups in total. The molecule has 1 unspecified atom stereocenters. The largest absolute Gasteiger partial charge is 0.320 e. The minimum absolute atomic E-state index is 0.0725. The number of anilines is 2. The summed E-state index contributed by atoms with van der Waals surface area (Å²) in [5, 5.41) is 10.6. The van der Waals surface area contributed by atoms with Crippen LogP contribution in [0.2, 0.25) is 0 Å². The molecule has 0 saturated carbocycles. The van der Waals surface area contributed by atoms with Gasteiger partial charge < -0.3 is 5.32 Å². The van der Waals surface area contributed by atoms with Gasteiger partial charge in [0.1, 0.15) is 0 Å². The van der Waals surface area contributed by atoms with E-state index in [0.717, 1.165) is 5.56 Å². The number of nitrogens with one attached hydrogen (secondary N) is 1. The highest BCUT2D eigenvalue weighted by Crippen LogP contribution is 2.36. The zero-order valence-electron chi connectivity index (χ0n) is 17.8. The van der Waals surface area contributed by atoms with E-state index in [1.807, 2.05) is 37.3 Å². The maximum atomic E-state index is 13.5. The molecule has 0 saturated heterocycles. The summed E-state index contributed by atoms with van der Waals surface area (Å²) in [5.41, 5.74) is 3.09. The zero-order valence-corrected chi connectivity index (χ0v) is 18.6. The van der Waals surface area contributed by atoms with Crippen LogP contribution < -0.4 is 9.62 Å². The lowest BCUT2D eigenvalue weighted by Crippen LogP contribution is -2.35. The first-order valence-corrected chi connectivity index (χ1v) is 11.9. The predicted molar refractivity (Wildman–Crippen MR) is 125 cm³/mol. The lowest BCUT2D eigenvalue weighted by atomic mass is 10.1. The molecule has 8 nitrogen and oxygen atoms in total. The quantitative estimate of drug-likeness (QED) is 0.491. The molecule has 33 heavy (non-hydrogen) atoms. The first-order valence-electron chi connectivity index (χ1n) is 10.4. The van der Waals surface area contributed by atoms with Crippen molar-refractivity contribution in [2.75, 3.05) is 9.62 Å². The molecule has 5 rings (SSSR count). The van der Waals surface area contributed by atoms with E-state index < -0.39 is 15.9 Å². The van der Waals surface area contributed by atoms with Crippen LogP contribution in [0.15, 0.2) is 90.1 Å². The Morgan fingerprint density at radius 3 is 2.55 bits per heavy atom. The summed E-state index contributed by atoms with van der Waals surface area (Å²) >= 11 is 0. The molecule has 1 amide bonds. The van der Waals surface area contributed by atoms with Gasteiger partial charge in [-0.25, -0.2) is 13.1 Å². The zero-order chi connectivity index (χ0) is 23.0. The van der Waals surface area contributed by atoms with Crippen molar-refractivity contribution in [2.24, 2.45) is 0 Å². The Morgan fingerprint density at radius 2 is 1.76 bits per heavy atom. The highest BCUT2D eigenvalue weighted by molar-refractivity contribution is 7.92. The van der Waals surface area contributed by atoms with E-state index in [2.05, 4.69) is 15.6 Å². The highest BCUT2D eigenvalue weighted by atomic mass is 32.2. The van der Waals surface area contributed by atoms with E-state index >= 15 is 0 Å². The highest BCUT2D eigenvalue weighted by Gasteiger charge is 2.36. The summed E-state index contributed by atoms with van der Waals surface area (Å²) in [7, 11) is -3.84. The Morgan fingerprint density at radius 1 is 1.00 bits per heavy atom. The molecule has 1 atom stereocenters. The first-order chi connectivity index (χ1) is 15.9. The summed E-state index contributed by atoms with van der Waals surface area (Å²) in [4.78, 5) is 13.1. The van der Waals surface area contributed by atoms with Crippen molar-refractivity contribution in [1.82, 2.24) is 15.0 Å². The van der Waals surface area contributed by atoms with E-state index in [1.54, 1.807) is 47.4 Å². The molecule has 1 aliphatic rings. The van der Waals surface area contributed by atoms with Gasteiger partial charge in [0.25, 0.3) is 15.9 Å². The van der Waals surface area contributed by atoms with Crippen LogP contribution in [-0.2, 0) is 16.4 Å². The third kappa shape index (κ3) is 3.76. The number of para-hydroxylation sites is 3. The van der Waals surface area contributed by atoms with Crippen LogP contribution >= 0.6 is 0 Å². The maximum Gasteiger partial charge on any atom is 0.264 e. The van der Waals surface area contributed by atoms with Gasteiger partial charge in [0, 0.05) is 11.6 Å². The number of hydrogen-bond acceptors (Lipinski definition) is 5. The van der Waals surface area contributed by atoms with Gasteiger partial charge in [0.05, 0.1) is 34.4 Å². The van der Waals surface area contributed by atoms with Gasteiger partial charge in [-0.2, -0.15) is 0 Å². The Labute approximate surface area is 191 Å². The lowest BCUT2D eigenvalue weighted by Gasteiger charge is -2.24.